The molecule has 1 N–H and O–H groups in total. The van der Waals surface area contributed by atoms with Crippen LogP contribution < -0.4 is 10.8 Å². The van der Waals surface area contributed by atoms with Gasteiger partial charge in [0.1, 0.15) is 0 Å². The molecule has 6 nitrogen and oxygen atoms in total. The van der Waals surface area contributed by atoms with Gasteiger partial charge in [0.15, 0.2) is 0 Å². The average molecular weight is 435 g/mol. The fourth-order valence-corrected chi connectivity index (χ4v) is 4.54. The lowest BCUT2D eigenvalue weighted by Crippen LogP contribution is -2.16. The molecular weight excluding hydrogens is 411 g/mol. The summed E-state index contributed by atoms with van der Waals surface area (Å²) in [7, 11) is -3.65. The monoisotopic (exact) mass is 434 g/mol. The number of aryl methyl sites for hydroxylation is 1. The van der Waals surface area contributed by atoms with Crippen molar-refractivity contribution in [2.24, 2.45) is 0 Å². The largest absolute Gasteiger partial charge is 0.420 e. The lowest BCUT2D eigenvalue weighted by molar-refractivity contribution is 0.229. The standard InChI is InChI=1S/C21H24ClN2O4P/c1-4-26-29(25,27-5-2)21-20(23-14-17-8-6-7-9-18(17)22)28-19(24-21)16-12-10-15(3)11-13-16/h6-13,23H,4-5,14H2,1-3H3. The van der Waals surface area contributed by atoms with Crippen molar-refractivity contribution < 1.29 is 18.0 Å². The third kappa shape index (κ3) is 5.09. The zero-order chi connectivity index (χ0) is 20.9. The highest BCUT2D eigenvalue weighted by Gasteiger charge is 2.35. The Labute approximate surface area is 175 Å². The minimum atomic E-state index is -3.65. The molecular formula is C21H24ClN2O4P. The first-order valence-corrected chi connectivity index (χ1v) is 11.3. The Morgan fingerprint density at radius 2 is 1.72 bits per heavy atom. The van der Waals surface area contributed by atoms with Crippen molar-refractivity contribution in [3.8, 4) is 11.5 Å². The minimum Gasteiger partial charge on any atom is -0.420 e. The van der Waals surface area contributed by atoms with Crippen LogP contribution in [-0.4, -0.2) is 18.2 Å². The molecule has 2 aromatic carbocycles. The number of rotatable bonds is 9. The highest BCUT2D eigenvalue weighted by atomic mass is 35.5. The predicted octanol–water partition coefficient (Wildman–Crippen LogP) is 5.81. The molecule has 0 unspecified atom stereocenters. The van der Waals surface area contributed by atoms with Crippen LogP contribution in [0.5, 0.6) is 0 Å². The normalized spacial score (nSPS) is 11.6. The van der Waals surface area contributed by atoms with Crippen LogP contribution in [0.15, 0.2) is 52.9 Å². The second-order valence-corrected chi connectivity index (χ2v) is 8.66. The van der Waals surface area contributed by atoms with E-state index in [4.69, 9.17) is 25.1 Å². The number of oxazole rings is 1. The summed E-state index contributed by atoms with van der Waals surface area (Å²) in [4.78, 5) is 4.48. The molecule has 0 amide bonds. The van der Waals surface area contributed by atoms with Crippen molar-refractivity contribution in [1.82, 2.24) is 4.98 Å². The number of aromatic nitrogens is 1. The molecule has 0 radical (unpaired) electrons. The maximum Gasteiger partial charge on any atom is 0.385 e. The molecule has 29 heavy (non-hydrogen) atoms. The number of anilines is 1. The van der Waals surface area contributed by atoms with Crippen LogP contribution in [0.25, 0.3) is 11.5 Å². The van der Waals surface area contributed by atoms with Crippen LogP contribution in [0.2, 0.25) is 5.02 Å². The van der Waals surface area contributed by atoms with Gasteiger partial charge in [0.05, 0.1) is 13.2 Å². The molecule has 0 spiro atoms. The van der Waals surface area contributed by atoms with Crippen LogP contribution in [0.3, 0.4) is 0 Å². The Bertz CT molecular complexity index is 994. The van der Waals surface area contributed by atoms with Crippen LogP contribution in [0, 0.1) is 6.92 Å². The Hall–Kier alpha value is -2.11. The molecule has 154 valence electrons. The van der Waals surface area contributed by atoms with Gasteiger partial charge in [-0.1, -0.05) is 47.5 Å². The van der Waals surface area contributed by atoms with Gasteiger partial charge in [-0.05, 0) is 44.5 Å². The van der Waals surface area contributed by atoms with Gasteiger partial charge in [-0.3, -0.25) is 4.57 Å². The predicted molar refractivity (Wildman–Crippen MR) is 116 cm³/mol. The van der Waals surface area contributed by atoms with Gasteiger partial charge < -0.3 is 18.8 Å². The van der Waals surface area contributed by atoms with Crippen molar-refractivity contribution in [3.63, 3.8) is 0 Å². The Balaban J connectivity index is 2.00. The molecule has 0 saturated heterocycles. The Morgan fingerprint density at radius 3 is 2.34 bits per heavy atom. The first kappa shape index (κ1) is 21.6. The van der Waals surface area contributed by atoms with Crippen molar-refractivity contribution >= 4 is 30.5 Å². The summed E-state index contributed by atoms with van der Waals surface area (Å²) >= 11 is 6.25. The summed E-state index contributed by atoms with van der Waals surface area (Å²) in [5.41, 5.74) is 2.88. The maximum atomic E-state index is 13.4. The molecule has 0 atom stereocenters. The number of halogens is 1. The quantitative estimate of drug-likeness (QED) is 0.428. The molecule has 1 heterocycles. The molecule has 3 rings (SSSR count). The number of nitrogens with one attached hydrogen (secondary N) is 1. The topological polar surface area (TPSA) is 73.6 Å². The van der Waals surface area contributed by atoms with Gasteiger partial charge in [-0.25, -0.2) is 0 Å². The fraction of sp³-hybridized carbons (Fsp3) is 0.286. The summed E-state index contributed by atoms with van der Waals surface area (Å²) < 4.78 is 30.3. The van der Waals surface area contributed by atoms with Gasteiger partial charge in [0.25, 0.3) is 0 Å². The molecule has 8 heteroatoms. The summed E-state index contributed by atoms with van der Waals surface area (Å²) in [6.45, 7) is 6.31. The van der Waals surface area contributed by atoms with E-state index in [0.717, 1.165) is 16.7 Å². The second kappa shape index (κ2) is 9.59. The number of hydrogen-bond acceptors (Lipinski definition) is 6. The van der Waals surface area contributed by atoms with Gasteiger partial charge in [-0.2, -0.15) is 4.98 Å². The van der Waals surface area contributed by atoms with E-state index in [1.807, 2.05) is 55.5 Å². The lowest BCUT2D eigenvalue weighted by Gasteiger charge is -2.15. The van der Waals surface area contributed by atoms with Gasteiger partial charge >= 0.3 is 7.60 Å². The van der Waals surface area contributed by atoms with E-state index in [9.17, 15) is 4.57 Å². The van der Waals surface area contributed by atoms with Crippen molar-refractivity contribution in [2.75, 3.05) is 18.5 Å². The molecule has 0 fully saturated rings. The van der Waals surface area contributed by atoms with E-state index < -0.39 is 7.60 Å². The molecule has 0 aliphatic rings. The second-order valence-electron chi connectivity index (χ2n) is 6.32. The van der Waals surface area contributed by atoms with E-state index in [0.29, 0.717) is 17.5 Å². The minimum absolute atomic E-state index is 0.129. The molecule has 0 aliphatic carbocycles. The smallest absolute Gasteiger partial charge is 0.385 e. The van der Waals surface area contributed by atoms with E-state index in [2.05, 4.69) is 10.3 Å². The van der Waals surface area contributed by atoms with Crippen molar-refractivity contribution in [3.05, 3.63) is 64.7 Å². The number of benzene rings is 2. The Kier molecular flexibility index (Phi) is 7.14. The average Bonchev–Trinajstić information content (AvgIpc) is 3.13. The van der Waals surface area contributed by atoms with Crippen LogP contribution in [0.4, 0.5) is 5.88 Å². The van der Waals surface area contributed by atoms with Crippen molar-refractivity contribution in [2.45, 2.75) is 27.3 Å². The third-order valence-corrected chi connectivity index (χ3v) is 6.55. The molecule has 0 aliphatic heterocycles. The first-order chi connectivity index (χ1) is 14.0. The van der Waals surface area contributed by atoms with E-state index in [1.165, 1.54) is 0 Å². The SMILES string of the molecule is CCOP(=O)(OCC)c1nc(-c2ccc(C)cc2)oc1NCc1ccccc1Cl. The van der Waals surface area contributed by atoms with Gasteiger partial charge in [0.2, 0.25) is 17.2 Å². The van der Waals surface area contributed by atoms with E-state index >= 15 is 0 Å². The van der Waals surface area contributed by atoms with Crippen LogP contribution in [-0.2, 0) is 20.2 Å². The first-order valence-electron chi connectivity index (χ1n) is 9.41. The number of nitrogens with zero attached hydrogens (tertiary/aromatic N) is 1. The summed E-state index contributed by atoms with van der Waals surface area (Å²) in [6, 6.07) is 15.2. The Morgan fingerprint density at radius 1 is 1.07 bits per heavy atom. The molecule has 3 aromatic rings. The van der Waals surface area contributed by atoms with Crippen molar-refractivity contribution in [1.29, 1.82) is 0 Å². The molecule has 0 bridgehead atoms. The summed E-state index contributed by atoms with van der Waals surface area (Å²) in [5, 5.41) is 3.77. The summed E-state index contributed by atoms with van der Waals surface area (Å²) in [6.07, 6.45) is 0. The zero-order valence-corrected chi connectivity index (χ0v) is 18.3. The highest BCUT2D eigenvalue weighted by molar-refractivity contribution is 7.62. The fourth-order valence-electron chi connectivity index (χ4n) is 2.75. The van der Waals surface area contributed by atoms with E-state index in [-0.39, 0.29) is 24.5 Å². The number of hydrogen-bond donors (Lipinski definition) is 1. The summed E-state index contributed by atoms with van der Waals surface area (Å²) in [5.74, 6) is 0.576. The zero-order valence-electron chi connectivity index (χ0n) is 16.6. The maximum absolute atomic E-state index is 13.4. The molecule has 0 saturated carbocycles. The van der Waals surface area contributed by atoms with Gasteiger partial charge in [-0.15, -0.1) is 0 Å². The lowest BCUT2D eigenvalue weighted by atomic mass is 10.1. The van der Waals surface area contributed by atoms with Crippen LogP contribution >= 0.6 is 19.2 Å². The third-order valence-electron chi connectivity index (χ3n) is 4.16. The van der Waals surface area contributed by atoms with E-state index in [1.54, 1.807) is 13.8 Å². The van der Waals surface area contributed by atoms with Crippen LogP contribution in [0.1, 0.15) is 25.0 Å². The highest BCUT2D eigenvalue weighted by Crippen LogP contribution is 2.49. The molecule has 1 aromatic heterocycles. The van der Waals surface area contributed by atoms with Gasteiger partial charge in [0, 0.05) is 17.1 Å².